The molecule has 24 heavy (non-hydrogen) atoms. The summed E-state index contributed by atoms with van der Waals surface area (Å²) in [6.45, 7) is 5.73. The summed E-state index contributed by atoms with van der Waals surface area (Å²) in [5, 5.41) is 14.7. The van der Waals surface area contributed by atoms with Gasteiger partial charge >= 0.3 is 12.1 Å². The lowest BCUT2D eigenvalue weighted by Gasteiger charge is -2.28. The summed E-state index contributed by atoms with van der Waals surface area (Å²) in [7, 11) is 0. The first-order valence-corrected chi connectivity index (χ1v) is 7.87. The van der Waals surface area contributed by atoms with E-state index in [2.05, 4.69) is 10.6 Å². The number of thiocarbonyl (C=S) groups is 1. The number of benzene rings is 1. The number of hydrogen-bond acceptors (Lipinski definition) is 5. The van der Waals surface area contributed by atoms with Gasteiger partial charge in [0.1, 0.15) is 11.4 Å². The maximum absolute atomic E-state index is 11.7. The SMILES string of the molecule is CC(C)(C)OC(=O)NC(=S)NC1CCOc2ccc(C(=O)O)cc21. The Morgan fingerprint density at radius 3 is 2.71 bits per heavy atom. The van der Waals surface area contributed by atoms with Crippen molar-refractivity contribution in [3.05, 3.63) is 29.3 Å². The van der Waals surface area contributed by atoms with E-state index in [4.69, 9.17) is 26.8 Å². The summed E-state index contributed by atoms with van der Waals surface area (Å²) >= 11 is 5.13. The van der Waals surface area contributed by atoms with Gasteiger partial charge in [0.05, 0.1) is 18.2 Å². The van der Waals surface area contributed by atoms with E-state index >= 15 is 0 Å². The third-order valence-electron chi connectivity index (χ3n) is 3.22. The van der Waals surface area contributed by atoms with E-state index in [-0.39, 0.29) is 16.7 Å². The van der Waals surface area contributed by atoms with Gasteiger partial charge in [-0.25, -0.2) is 9.59 Å². The topological polar surface area (TPSA) is 96.9 Å². The number of nitrogens with one attached hydrogen (secondary N) is 2. The molecule has 0 saturated carbocycles. The van der Waals surface area contributed by atoms with Crippen LogP contribution in [0, 0.1) is 0 Å². The Balaban J connectivity index is 2.06. The number of fused-ring (bicyclic) bond motifs is 1. The highest BCUT2D eigenvalue weighted by molar-refractivity contribution is 7.80. The fourth-order valence-electron chi connectivity index (χ4n) is 2.27. The third-order valence-corrected chi connectivity index (χ3v) is 3.44. The number of aromatic carboxylic acids is 1. The van der Waals surface area contributed by atoms with Gasteiger partial charge in [-0.05, 0) is 51.2 Å². The van der Waals surface area contributed by atoms with E-state index in [1.54, 1.807) is 32.9 Å². The molecule has 1 unspecified atom stereocenters. The van der Waals surface area contributed by atoms with Crippen molar-refractivity contribution in [3.63, 3.8) is 0 Å². The fourth-order valence-corrected chi connectivity index (χ4v) is 2.49. The van der Waals surface area contributed by atoms with E-state index in [9.17, 15) is 9.59 Å². The number of hydrogen-bond donors (Lipinski definition) is 3. The monoisotopic (exact) mass is 352 g/mol. The van der Waals surface area contributed by atoms with Crippen LogP contribution in [0.1, 0.15) is 49.2 Å². The lowest BCUT2D eigenvalue weighted by atomic mass is 9.98. The number of alkyl carbamates (subject to hydrolysis) is 1. The van der Waals surface area contributed by atoms with Gasteiger partial charge in [0, 0.05) is 12.0 Å². The minimum Gasteiger partial charge on any atom is -0.493 e. The largest absolute Gasteiger partial charge is 0.493 e. The van der Waals surface area contributed by atoms with Gasteiger partial charge in [0.2, 0.25) is 0 Å². The Morgan fingerprint density at radius 2 is 2.08 bits per heavy atom. The van der Waals surface area contributed by atoms with Gasteiger partial charge in [-0.2, -0.15) is 0 Å². The average Bonchev–Trinajstić information content (AvgIpc) is 2.44. The molecule has 0 spiro atoms. The molecule has 0 saturated heterocycles. The highest BCUT2D eigenvalue weighted by Gasteiger charge is 2.24. The number of carboxylic acid groups (broad SMARTS) is 1. The van der Waals surface area contributed by atoms with Crippen molar-refractivity contribution in [2.45, 2.75) is 38.8 Å². The lowest BCUT2D eigenvalue weighted by Crippen LogP contribution is -2.44. The van der Waals surface area contributed by atoms with Gasteiger partial charge in [-0.3, -0.25) is 5.32 Å². The van der Waals surface area contributed by atoms with E-state index in [0.29, 0.717) is 24.3 Å². The Hall–Kier alpha value is -2.35. The number of carbonyl (C=O) groups is 2. The van der Waals surface area contributed by atoms with E-state index in [0.717, 1.165) is 0 Å². The summed E-state index contributed by atoms with van der Waals surface area (Å²) in [6, 6.07) is 4.40. The second-order valence-corrected chi connectivity index (χ2v) is 6.76. The van der Waals surface area contributed by atoms with Crippen molar-refractivity contribution in [2.75, 3.05) is 6.61 Å². The summed E-state index contributed by atoms with van der Waals surface area (Å²) < 4.78 is 10.7. The van der Waals surface area contributed by atoms with Crippen LogP contribution >= 0.6 is 12.2 Å². The second-order valence-electron chi connectivity index (χ2n) is 6.35. The van der Waals surface area contributed by atoms with Crippen LogP contribution in [-0.4, -0.2) is 34.5 Å². The van der Waals surface area contributed by atoms with Gasteiger partial charge in [0.15, 0.2) is 5.11 Å². The van der Waals surface area contributed by atoms with Crippen LogP contribution in [0.25, 0.3) is 0 Å². The van der Waals surface area contributed by atoms with Crippen molar-refractivity contribution in [3.8, 4) is 5.75 Å². The average molecular weight is 352 g/mol. The van der Waals surface area contributed by atoms with Crippen LogP contribution in [0.5, 0.6) is 5.75 Å². The Morgan fingerprint density at radius 1 is 1.38 bits per heavy atom. The predicted molar refractivity (Wildman–Crippen MR) is 91.4 cm³/mol. The molecule has 8 heteroatoms. The zero-order chi connectivity index (χ0) is 17.9. The number of rotatable bonds is 2. The zero-order valence-corrected chi connectivity index (χ0v) is 14.5. The highest BCUT2D eigenvalue weighted by Crippen LogP contribution is 2.32. The maximum atomic E-state index is 11.7. The molecule has 1 aromatic carbocycles. The van der Waals surface area contributed by atoms with Crippen LogP contribution in [0.3, 0.4) is 0 Å². The van der Waals surface area contributed by atoms with Crippen molar-refractivity contribution >= 4 is 29.4 Å². The molecule has 130 valence electrons. The molecule has 1 aliphatic rings. The molecule has 0 aliphatic carbocycles. The molecule has 1 aromatic rings. The molecule has 0 aromatic heterocycles. The molecule has 0 bridgehead atoms. The summed E-state index contributed by atoms with van der Waals surface area (Å²) in [5.41, 5.74) is 0.230. The van der Waals surface area contributed by atoms with Crippen LogP contribution in [0.15, 0.2) is 18.2 Å². The fraction of sp³-hybridized carbons (Fsp3) is 0.438. The molecule has 1 heterocycles. The highest BCUT2D eigenvalue weighted by atomic mass is 32.1. The quantitative estimate of drug-likeness (QED) is 0.704. The zero-order valence-electron chi connectivity index (χ0n) is 13.7. The number of ether oxygens (including phenoxy) is 2. The minimum atomic E-state index is -1.02. The van der Waals surface area contributed by atoms with Crippen molar-refractivity contribution in [1.29, 1.82) is 0 Å². The smallest absolute Gasteiger partial charge is 0.413 e. The normalized spacial score (nSPS) is 16.4. The Kier molecular flexibility index (Phi) is 5.28. The standard InChI is InChI=1S/C16H20N2O5S/c1-16(2,3)23-15(21)18-14(24)17-11-6-7-22-12-5-4-9(13(19)20)8-10(11)12/h4-5,8,11H,6-7H2,1-3H3,(H,19,20)(H2,17,18,21,24). The van der Waals surface area contributed by atoms with Crippen LogP contribution in [0.4, 0.5) is 4.79 Å². The van der Waals surface area contributed by atoms with Crippen LogP contribution in [-0.2, 0) is 4.74 Å². The van der Waals surface area contributed by atoms with Crippen molar-refractivity contribution in [2.24, 2.45) is 0 Å². The van der Waals surface area contributed by atoms with Gasteiger partial charge < -0.3 is 19.9 Å². The molecule has 7 nitrogen and oxygen atoms in total. The van der Waals surface area contributed by atoms with E-state index in [1.807, 2.05) is 0 Å². The Labute approximate surface area is 145 Å². The summed E-state index contributed by atoms with van der Waals surface area (Å²) in [5.74, 6) is -0.416. The molecule has 1 amide bonds. The molecule has 3 N–H and O–H groups in total. The predicted octanol–water partition coefficient (Wildman–Crippen LogP) is 2.61. The van der Waals surface area contributed by atoms with Gasteiger partial charge in [-0.15, -0.1) is 0 Å². The van der Waals surface area contributed by atoms with Crippen molar-refractivity contribution < 1.29 is 24.2 Å². The van der Waals surface area contributed by atoms with Crippen LogP contribution in [0.2, 0.25) is 0 Å². The number of carbonyl (C=O) groups excluding carboxylic acids is 1. The lowest BCUT2D eigenvalue weighted by molar-refractivity contribution is 0.0561. The first-order valence-electron chi connectivity index (χ1n) is 7.46. The molecule has 1 aliphatic heterocycles. The molecule has 2 rings (SSSR count). The minimum absolute atomic E-state index is 0.114. The van der Waals surface area contributed by atoms with Gasteiger partial charge in [-0.1, -0.05) is 0 Å². The molecule has 1 atom stereocenters. The molecular formula is C16H20N2O5S. The first-order chi connectivity index (χ1) is 11.2. The maximum Gasteiger partial charge on any atom is 0.413 e. The Bertz CT molecular complexity index is 669. The molecule has 0 fully saturated rings. The summed E-state index contributed by atoms with van der Waals surface area (Å²) in [6.07, 6.45) is -0.0572. The molecular weight excluding hydrogens is 332 g/mol. The van der Waals surface area contributed by atoms with Crippen molar-refractivity contribution in [1.82, 2.24) is 10.6 Å². The third kappa shape index (κ3) is 4.82. The second kappa shape index (κ2) is 7.04. The van der Waals surface area contributed by atoms with Gasteiger partial charge in [0.25, 0.3) is 0 Å². The van der Waals surface area contributed by atoms with Crippen LogP contribution < -0.4 is 15.4 Å². The summed E-state index contributed by atoms with van der Waals surface area (Å²) in [4.78, 5) is 22.9. The van der Waals surface area contributed by atoms with E-state index in [1.165, 1.54) is 6.07 Å². The first kappa shape index (κ1) is 18.0. The number of carboxylic acids is 1. The number of amides is 1. The molecule has 0 radical (unpaired) electrons. The van der Waals surface area contributed by atoms with E-state index < -0.39 is 17.7 Å².